The van der Waals surface area contributed by atoms with Gasteiger partial charge in [0.1, 0.15) is 14.7 Å². The summed E-state index contributed by atoms with van der Waals surface area (Å²) >= 11 is 0. The van der Waals surface area contributed by atoms with E-state index < -0.39 is 85.0 Å². The zero-order chi connectivity index (χ0) is 47.3. The van der Waals surface area contributed by atoms with Crippen LogP contribution in [0.4, 0.5) is 17.1 Å². The van der Waals surface area contributed by atoms with E-state index >= 15 is 0 Å². The van der Waals surface area contributed by atoms with Gasteiger partial charge in [0.25, 0.3) is 0 Å². The molecule has 0 aromatic heterocycles. The Bertz CT molecular complexity index is 3850. The maximum Gasteiger partial charge on any atom is 0.426 e. The van der Waals surface area contributed by atoms with E-state index in [1.54, 1.807) is 44.2 Å². The van der Waals surface area contributed by atoms with Crippen molar-refractivity contribution in [3.05, 3.63) is 160 Å². The largest absolute Gasteiger partial charge is 0.501 e. The molecule has 21 heteroatoms. The van der Waals surface area contributed by atoms with Gasteiger partial charge in [0.05, 0.1) is 0 Å². The third-order valence-electron chi connectivity index (χ3n) is 10.9. The molecular formula is C45H31N6O12S3+3. The van der Waals surface area contributed by atoms with Gasteiger partial charge in [0.15, 0.2) is 26.4 Å². The second kappa shape index (κ2) is 16.2. The minimum absolute atomic E-state index is 0.0724. The van der Waals surface area contributed by atoms with E-state index in [-0.39, 0.29) is 54.9 Å². The van der Waals surface area contributed by atoms with Crippen molar-refractivity contribution in [1.82, 2.24) is 0 Å². The van der Waals surface area contributed by atoms with E-state index in [9.17, 15) is 56.8 Å². The molecule has 3 N–H and O–H groups in total. The molecule has 8 rings (SSSR count). The van der Waals surface area contributed by atoms with E-state index in [0.717, 1.165) is 42.5 Å². The Labute approximate surface area is 375 Å². The molecule has 0 bridgehead atoms. The number of diazo groups is 3. The van der Waals surface area contributed by atoms with Crippen LogP contribution in [0.3, 0.4) is 0 Å². The van der Waals surface area contributed by atoms with Crippen molar-refractivity contribution in [3.63, 3.8) is 0 Å². The Morgan fingerprint density at radius 2 is 0.803 bits per heavy atom. The first-order valence-electron chi connectivity index (χ1n) is 19.2. The van der Waals surface area contributed by atoms with Crippen LogP contribution in [0.2, 0.25) is 0 Å². The summed E-state index contributed by atoms with van der Waals surface area (Å²) in [5.41, 5.74) is -1.71. The van der Waals surface area contributed by atoms with Crippen LogP contribution < -0.4 is 12.5 Å². The first-order valence-corrected chi connectivity index (χ1v) is 23.4. The number of nitrogens with zero attached hydrogens (tertiary/aromatic N) is 6. The molecule has 328 valence electrons. The van der Waals surface area contributed by atoms with Gasteiger partial charge < -0.3 is 27.9 Å². The predicted molar refractivity (Wildman–Crippen MR) is 240 cm³/mol. The molecule has 8 aromatic rings. The average molecular weight is 944 g/mol. The van der Waals surface area contributed by atoms with Crippen LogP contribution >= 0.6 is 0 Å². The lowest BCUT2D eigenvalue weighted by molar-refractivity contribution is 0.422. The smallest absolute Gasteiger partial charge is 0.426 e. The summed E-state index contributed by atoms with van der Waals surface area (Å²) in [6.45, 7) is 3.30. The van der Waals surface area contributed by atoms with Gasteiger partial charge in [0.2, 0.25) is 39.2 Å². The SMILES string of the molecule is CC(C)(c1ccccc1)c1ccc(OS(=O)(=O)c2cccc3c(O)c([N+]#N)ccc23)c(OS(=O)(=O)c2cccc3c(O)c([N+]#N)ccc23)c1OS(=O)(=O)c1cccc2c(O)c([N+]#N)ccc12. The summed E-state index contributed by atoms with van der Waals surface area (Å²) in [6.07, 6.45) is 0. The molecule has 0 aliphatic rings. The zero-order valence-electron chi connectivity index (χ0n) is 34.1. The highest BCUT2D eigenvalue weighted by molar-refractivity contribution is 7.88. The summed E-state index contributed by atoms with van der Waals surface area (Å²) in [4.78, 5) is 7.25. The summed E-state index contributed by atoms with van der Waals surface area (Å²) in [5.74, 6) is -4.63. The second-order valence-electron chi connectivity index (χ2n) is 15.0. The van der Waals surface area contributed by atoms with Gasteiger partial charge in [0, 0.05) is 61.5 Å². The maximum absolute atomic E-state index is 14.8. The summed E-state index contributed by atoms with van der Waals surface area (Å²) < 4.78 is 105. The highest BCUT2D eigenvalue weighted by Crippen LogP contribution is 2.51. The Kier molecular flexibility index (Phi) is 10.8. The number of aromatic hydroxyl groups is 3. The molecule has 0 radical (unpaired) electrons. The monoisotopic (exact) mass is 943 g/mol. The van der Waals surface area contributed by atoms with E-state index in [1.165, 1.54) is 60.7 Å². The molecule has 0 unspecified atom stereocenters. The van der Waals surface area contributed by atoms with Gasteiger partial charge in [-0.3, -0.25) is 0 Å². The van der Waals surface area contributed by atoms with Crippen LogP contribution in [0.5, 0.6) is 34.5 Å². The quantitative estimate of drug-likeness (QED) is 0.0803. The van der Waals surface area contributed by atoms with Crippen molar-refractivity contribution in [2.45, 2.75) is 33.9 Å². The predicted octanol–water partition coefficient (Wildman–Crippen LogP) is 10.3. The summed E-state index contributed by atoms with van der Waals surface area (Å²) in [6, 6.07) is 28.9. The molecule has 0 aliphatic carbocycles. The molecule has 0 fully saturated rings. The van der Waals surface area contributed by atoms with Crippen molar-refractivity contribution in [2.75, 3.05) is 0 Å². The Morgan fingerprint density at radius 3 is 1.20 bits per heavy atom. The lowest BCUT2D eigenvalue weighted by Gasteiger charge is -2.29. The number of rotatable bonds is 11. The Balaban J connectivity index is 1.42. The third-order valence-corrected chi connectivity index (χ3v) is 14.7. The van der Waals surface area contributed by atoms with Crippen LogP contribution in [0.15, 0.2) is 148 Å². The van der Waals surface area contributed by atoms with Gasteiger partial charge in [-0.25, -0.2) is 0 Å². The molecule has 0 atom stereocenters. The number of benzene rings is 8. The lowest BCUT2D eigenvalue weighted by Crippen LogP contribution is -2.23. The van der Waals surface area contributed by atoms with Gasteiger partial charge in [-0.05, 0) is 48.0 Å². The van der Waals surface area contributed by atoms with Crippen molar-refractivity contribution in [1.29, 1.82) is 16.2 Å². The number of fused-ring (bicyclic) bond motifs is 3. The fourth-order valence-electron chi connectivity index (χ4n) is 7.55. The van der Waals surface area contributed by atoms with Crippen LogP contribution in [-0.2, 0) is 35.8 Å². The van der Waals surface area contributed by atoms with Gasteiger partial charge in [-0.15, -0.1) is 0 Å². The van der Waals surface area contributed by atoms with E-state index in [1.807, 2.05) is 0 Å². The standard InChI is InChI=1S/C45H28N6O12S3/c1-45(2,25-9-4-3-5-10-25)32-20-24-36(61-64(55,56)37-14-6-11-29-26(37)17-21-33(49-46)40(29)52)44(63-66(59,60)39-16-8-13-31-28(39)19-23-35(51-48)42(31)54)43(32)62-65(57,58)38-15-7-12-30-27(38)18-22-34(50-47)41(30)53/h3-24H,1-2H3/p+3. The van der Waals surface area contributed by atoms with Gasteiger partial charge in [-0.1, -0.05) is 86.6 Å². The average Bonchev–Trinajstić information content (AvgIpc) is 3.30. The molecule has 0 amide bonds. The topological polar surface area (TPSA) is 275 Å². The highest BCUT2D eigenvalue weighted by atomic mass is 32.2. The molecule has 0 saturated carbocycles. The van der Waals surface area contributed by atoms with Crippen molar-refractivity contribution in [2.24, 2.45) is 0 Å². The number of hydrogen-bond acceptors (Lipinski definition) is 15. The number of phenols is 3. The van der Waals surface area contributed by atoms with Crippen LogP contribution in [0.25, 0.3) is 47.2 Å². The molecule has 18 nitrogen and oxygen atoms in total. The molecular weight excluding hydrogens is 913 g/mol. The molecule has 0 saturated heterocycles. The molecule has 0 aliphatic heterocycles. The Hall–Kier alpha value is -8.55. The zero-order valence-corrected chi connectivity index (χ0v) is 36.6. The fourth-order valence-corrected chi connectivity index (χ4v) is 11.0. The fraction of sp³-hybridized carbons (Fsp3) is 0.0667. The minimum Gasteiger partial charge on any atom is -0.501 e. The molecule has 8 aromatic carbocycles. The summed E-state index contributed by atoms with van der Waals surface area (Å²) in [7, 11) is -15.6. The minimum atomic E-state index is -5.27. The normalized spacial score (nSPS) is 12.0. The van der Waals surface area contributed by atoms with E-state index in [2.05, 4.69) is 14.9 Å². The van der Waals surface area contributed by atoms with Crippen molar-refractivity contribution >= 4 is 79.7 Å². The van der Waals surface area contributed by atoms with Crippen molar-refractivity contribution in [3.8, 4) is 34.5 Å². The lowest BCUT2D eigenvalue weighted by atomic mass is 9.77. The second-order valence-corrected chi connectivity index (χ2v) is 19.6. The maximum atomic E-state index is 14.8. The van der Waals surface area contributed by atoms with Crippen LogP contribution in [0, 0.1) is 16.2 Å². The molecule has 66 heavy (non-hydrogen) atoms. The van der Waals surface area contributed by atoms with E-state index in [0.29, 0.717) is 5.56 Å². The first-order chi connectivity index (χ1) is 31.3. The number of phenolic OH excluding ortho intramolecular Hbond substituents is 3. The van der Waals surface area contributed by atoms with E-state index in [4.69, 9.17) is 12.5 Å². The molecule has 0 spiro atoms. The van der Waals surface area contributed by atoms with Gasteiger partial charge in [-0.2, -0.15) is 25.3 Å². The summed E-state index contributed by atoms with van der Waals surface area (Å²) in [5, 5.41) is 60.0. The highest BCUT2D eigenvalue weighted by Gasteiger charge is 2.38. The third kappa shape index (κ3) is 7.46. The number of hydrogen-bond donors (Lipinski definition) is 3. The van der Waals surface area contributed by atoms with Gasteiger partial charge >= 0.3 is 47.4 Å². The first kappa shape index (κ1) is 44.1. The molecule has 0 heterocycles. The van der Waals surface area contributed by atoms with Crippen LogP contribution in [0.1, 0.15) is 25.0 Å². The van der Waals surface area contributed by atoms with Crippen LogP contribution in [-0.4, -0.2) is 40.6 Å². The Morgan fingerprint density at radius 1 is 0.424 bits per heavy atom. The van der Waals surface area contributed by atoms with Crippen molar-refractivity contribution < 1.29 is 53.1 Å².